The van der Waals surface area contributed by atoms with E-state index in [-0.39, 0.29) is 48.0 Å². The second-order valence-corrected chi connectivity index (χ2v) is 13.9. The number of fused-ring (bicyclic) bond motifs is 1. The van der Waals surface area contributed by atoms with Crippen molar-refractivity contribution in [3.8, 4) is 0 Å². The number of pyridine rings is 1. The van der Waals surface area contributed by atoms with Crippen molar-refractivity contribution in [1.82, 2.24) is 9.88 Å². The highest BCUT2D eigenvalue weighted by Crippen LogP contribution is 2.72. The fourth-order valence-electron chi connectivity index (χ4n) is 10.1. The van der Waals surface area contributed by atoms with E-state index in [1.54, 1.807) is 12.3 Å². The molecular formula is C37H39N3O6. The first-order valence-electron chi connectivity index (χ1n) is 16.9. The summed E-state index contributed by atoms with van der Waals surface area (Å²) in [4.78, 5) is 59.5. The molecule has 2 N–H and O–H groups in total. The molecule has 9 rings (SSSR count). The van der Waals surface area contributed by atoms with Gasteiger partial charge in [0.15, 0.2) is 0 Å². The Hall–Kier alpha value is -4.27. The van der Waals surface area contributed by atoms with Gasteiger partial charge in [-0.25, -0.2) is 14.6 Å². The number of cyclic esters (lactones) is 1. The fraction of sp³-hybridized carbons (Fsp3) is 0.486. The predicted molar refractivity (Wildman–Crippen MR) is 168 cm³/mol. The number of allylic oxidation sites excluding steroid dienone is 4. The Bertz CT molecular complexity index is 1740. The summed E-state index contributed by atoms with van der Waals surface area (Å²) in [5.74, 6) is -0.145. The van der Waals surface area contributed by atoms with Crippen LogP contribution in [0, 0.1) is 29.1 Å². The number of rotatable bonds is 8. The summed E-state index contributed by atoms with van der Waals surface area (Å²) in [6, 6.07) is 3.64. The summed E-state index contributed by atoms with van der Waals surface area (Å²) in [7, 11) is 0. The fourth-order valence-corrected chi connectivity index (χ4v) is 10.1. The van der Waals surface area contributed by atoms with Gasteiger partial charge in [-0.1, -0.05) is 26.7 Å². The third kappa shape index (κ3) is 3.96. The molecule has 238 valence electrons. The Balaban J connectivity index is 1.37. The first kappa shape index (κ1) is 29.2. The second-order valence-electron chi connectivity index (χ2n) is 13.9. The molecule has 2 bridgehead atoms. The molecule has 8 aliphatic rings. The van der Waals surface area contributed by atoms with E-state index in [1.165, 1.54) is 22.6 Å². The number of anilines is 1. The van der Waals surface area contributed by atoms with Gasteiger partial charge in [0.05, 0.1) is 11.0 Å². The van der Waals surface area contributed by atoms with Gasteiger partial charge in [0, 0.05) is 47.9 Å². The first-order valence-corrected chi connectivity index (χ1v) is 16.9. The van der Waals surface area contributed by atoms with Crippen molar-refractivity contribution in [2.75, 3.05) is 12.3 Å². The Morgan fingerprint density at radius 2 is 1.87 bits per heavy atom. The van der Waals surface area contributed by atoms with Gasteiger partial charge in [0.25, 0.3) is 11.8 Å². The maximum absolute atomic E-state index is 14.3. The Labute approximate surface area is 268 Å². The lowest BCUT2D eigenvalue weighted by Crippen LogP contribution is -2.54. The third-order valence-corrected chi connectivity index (χ3v) is 11.7. The molecule has 1 saturated heterocycles. The number of imide groups is 1. The van der Waals surface area contributed by atoms with Crippen LogP contribution in [-0.2, 0) is 28.7 Å². The van der Waals surface area contributed by atoms with Crippen LogP contribution in [0.25, 0.3) is 0 Å². The highest BCUT2D eigenvalue weighted by Gasteiger charge is 2.69. The molecule has 2 amide bonds. The van der Waals surface area contributed by atoms with E-state index in [9.17, 15) is 19.2 Å². The summed E-state index contributed by atoms with van der Waals surface area (Å²) >= 11 is 0. The third-order valence-electron chi connectivity index (χ3n) is 11.7. The average molecular weight is 622 g/mol. The molecule has 4 heterocycles. The second kappa shape index (κ2) is 10.6. The molecule has 9 heteroatoms. The largest absolute Gasteiger partial charge is 0.427 e. The number of aromatic nitrogens is 1. The van der Waals surface area contributed by atoms with Gasteiger partial charge < -0.3 is 15.2 Å². The maximum atomic E-state index is 14.3. The molecule has 2 fully saturated rings. The summed E-state index contributed by atoms with van der Waals surface area (Å²) in [5, 5.41) is 0. The quantitative estimate of drug-likeness (QED) is 0.295. The number of amides is 2. The zero-order chi connectivity index (χ0) is 31.9. The molecule has 6 atom stereocenters. The van der Waals surface area contributed by atoms with E-state index >= 15 is 0 Å². The normalized spacial score (nSPS) is 32.4. The van der Waals surface area contributed by atoms with Crippen molar-refractivity contribution in [3.05, 3.63) is 81.5 Å². The number of hydrogen-bond acceptors (Lipinski definition) is 8. The number of nitrogens with two attached hydrogens (primary N) is 1. The molecule has 1 aromatic rings. The molecule has 0 radical (unpaired) electrons. The van der Waals surface area contributed by atoms with Gasteiger partial charge in [-0.2, -0.15) is 0 Å². The van der Waals surface area contributed by atoms with E-state index in [4.69, 9.17) is 15.2 Å². The van der Waals surface area contributed by atoms with Gasteiger partial charge in [0.2, 0.25) is 0 Å². The zero-order valence-electron chi connectivity index (χ0n) is 26.3. The van der Waals surface area contributed by atoms with E-state index in [2.05, 4.69) is 24.9 Å². The average Bonchev–Trinajstić information content (AvgIpc) is 3.67. The van der Waals surface area contributed by atoms with Crippen LogP contribution in [0.4, 0.5) is 5.82 Å². The van der Waals surface area contributed by atoms with Crippen molar-refractivity contribution >= 4 is 29.6 Å². The minimum absolute atomic E-state index is 0.0491. The molecule has 1 spiro atoms. The molecule has 46 heavy (non-hydrogen) atoms. The lowest BCUT2D eigenvalue weighted by atomic mass is 9.42. The molecule has 0 aromatic carbocycles. The van der Waals surface area contributed by atoms with E-state index in [0.29, 0.717) is 23.6 Å². The zero-order valence-corrected chi connectivity index (χ0v) is 26.3. The SMILES string of the molecule is CCCC=C1OC(=O)C2=C([C@H](CN3C(=O)C=CC3=O)c3ccnc(N)c3)[C@H]3CC[C@@]12[C@H]1C2=C4C(=C(CCC)CC[C@@H]4C[C@H]31)OC2=O. The molecule has 5 aliphatic carbocycles. The van der Waals surface area contributed by atoms with Crippen LogP contribution in [0.2, 0.25) is 0 Å². The summed E-state index contributed by atoms with van der Waals surface area (Å²) in [5.41, 5.74) is 10.8. The predicted octanol–water partition coefficient (Wildman–Crippen LogP) is 5.57. The number of unbranched alkanes of at least 4 members (excludes halogenated alkanes) is 1. The standard InChI is InChI=1S/C37H39N3O6/c1-3-5-7-25-37-14-12-22(23-16-21-9-8-19(6-4-2)34-29(21)31(32(23)37)35(43)46-34)30(33(37)36(44)45-25)24(20-13-15-39-26(38)17-20)18-40-27(41)10-11-28(40)42/h7,10-11,13,15,17,21-24,32H,3-6,8-9,12,14,16,18H2,1-2H3,(H2,38,39)/t21-,22+,23-,24-,32-,37+/m1/s1. The number of nitrogen functional groups attached to an aromatic ring is 1. The van der Waals surface area contributed by atoms with Crippen LogP contribution < -0.4 is 5.73 Å². The lowest BCUT2D eigenvalue weighted by Gasteiger charge is -2.58. The molecule has 1 saturated carbocycles. The van der Waals surface area contributed by atoms with Gasteiger partial charge >= 0.3 is 11.9 Å². The van der Waals surface area contributed by atoms with Crippen molar-refractivity contribution in [1.29, 1.82) is 0 Å². The van der Waals surface area contributed by atoms with Gasteiger partial charge in [-0.3, -0.25) is 14.5 Å². The van der Waals surface area contributed by atoms with Gasteiger partial charge in [-0.05, 0) is 97.6 Å². The van der Waals surface area contributed by atoms with Gasteiger partial charge in [-0.15, -0.1) is 0 Å². The molecule has 9 nitrogen and oxygen atoms in total. The highest BCUT2D eigenvalue weighted by molar-refractivity contribution is 6.13. The topological polar surface area (TPSA) is 129 Å². The molecule has 3 aliphatic heterocycles. The van der Waals surface area contributed by atoms with Crippen LogP contribution in [0.3, 0.4) is 0 Å². The monoisotopic (exact) mass is 621 g/mol. The summed E-state index contributed by atoms with van der Waals surface area (Å²) in [6.45, 7) is 4.32. The smallest absolute Gasteiger partial charge is 0.340 e. The van der Waals surface area contributed by atoms with E-state index < -0.39 is 17.3 Å². The maximum Gasteiger partial charge on any atom is 0.340 e. The van der Waals surface area contributed by atoms with Crippen LogP contribution in [0.15, 0.2) is 75.9 Å². The Kier molecular flexibility index (Phi) is 6.74. The van der Waals surface area contributed by atoms with Crippen LogP contribution >= 0.6 is 0 Å². The minimum Gasteiger partial charge on any atom is -0.427 e. The number of carbonyl (C=O) groups is 4. The van der Waals surface area contributed by atoms with Gasteiger partial charge in [0.1, 0.15) is 17.3 Å². The molecular weight excluding hydrogens is 582 g/mol. The van der Waals surface area contributed by atoms with Crippen molar-refractivity contribution in [2.45, 2.75) is 77.6 Å². The highest BCUT2D eigenvalue weighted by atomic mass is 16.6. The van der Waals surface area contributed by atoms with E-state index in [1.807, 2.05) is 6.07 Å². The molecule has 1 aromatic heterocycles. The number of nitrogens with zero attached hydrogens (tertiary/aromatic N) is 2. The number of hydrogen-bond donors (Lipinski definition) is 1. The van der Waals surface area contributed by atoms with Crippen LogP contribution in [0.1, 0.15) is 83.1 Å². The summed E-state index contributed by atoms with van der Waals surface area (Å²) < 4.78 is 12.4. The van der Waals surface area contributed by atoms with Crippen molar-refractivity contribution in [2.24, 2.45) is 29.1 Å². The van der Waals surface area contributed by atoms with Crippen molar-refractivity contribution in [3.63, 3.8) is 0 Å². The number of ether oxygens (including phenoxy) is 2. The van der Waals surface area contributed by atoms with Crippen LogP contribution in [-0.4, -0.2) is 40.2 Å². The van der Waals surface area contributed by atoms with Crippen molar-refractivity contribution < 1.29 is 28.7 Å². The lowest BCUT2D eigenvalue weighted by molar-refractivity contribution is -0.137. The van der Waals surface area contributed by atoms with E-state index in [0.717, 1.165) is 79.4 Å². The molecule has 0 unspecified atom stereocenters. The number of esters is 2. The first-order chi connectivity index (χ1) is 22.3. The minimum atomic E-state index is -0.820. The number of carbonyl (C=O) groups excluding carboxylic acids is 4. The van der Waals surface area contributed by atoms with Crippen LogP contribution in [0.5, 0.6) is 0 Å². The Morgan fingerprint density at radius 1 is 1.07 bits per heavy atom. The Morgan fingerprint density at radius 3 is 2.61 bits per heavy atom. The summed E-state index contributed by atoms with van der Waals surface area (Å²) in [6.07, 6.45) is 14.1.